The van der Waals surface area contributed by atoms with Gasteiger partial charge in [-0.3, -0.25) is 9.45 Å². The largest absolute Gasteiger partial charge is 0.754 e. The van der Waals surface area contributed by atoms with E-state index in [1.165, 1.54) is 6.92 Å². The first-order valence-corrected chi connectivity index (χ1v) is 7.79. The number of rotatable bonds is 9. The van der Waals surface area contributed by atoms with Crippen molar-refractivity contribution >= 4 is 13.8 Å². The van der Waals surface area contributed by atoms with Crippen LogP contribution in [-0.2, 0) is 23.4 Å². The first-order valence-electron chi connectivity index (χ1n) is 6.33. The molecule has 0 aromatic carbocycles. The van der Waals surface area contributed by atoms with Crippen molar-refractivity contribution in [2.45, 2.75) is 32.8 Å². The lowest BCUT2D eigenvalue weighted by atomic mass is 10.2. The van der Waals surface area contributed by atoms with E-state index in [0.717, 1.165) is 6.54 Å². The van der Waals surface area contributed by atoms with Crippen LogP contribution in [0.3, 0.4) is 0 Å². The average molecular weight is 309 g/mol. The van der Waals surface area contributed by atoms with Crippen molar-refractivity contribution in [3.8, 4) is 0 Å². The summed E-state index contributed by atoms with van der Waals surface area (Å²) < 4.78 is 21.2. The zero-order chi connectivity index (χ0) is 16.0. The van der Waals surface area contributed by atoms with E-state index in [2.05, 4.69) is 16.1 Å². The Hall–Kier alpha value is -0.720. The van der Waals surface area contributed by atoms with Gasteiger partial charge in [0, 0.05) is 12.0 Å². The second-order valence-electron chi connectivity index (χ2n) is 5.61. The van der Waals surface area contributed by atoms with Crippen LogP contribution in [0.15, 0.2) is 12.2 Å². The predicted octanol–water partition coefficient (Wildman–Crippen LogP) is 1.40. The summed E-state index contributed by atoms with van der Waals surface area (Å²) in [5.74, 6) is -0.955. The Labute approximate surface area is 120 Å². The van der Waals surface area contributed by atoms with Crippen LogP contribution in [0, 0.1) is 0 Å². The average Bonchev–Trinajstić information content (AvgIpc) is 2.30. The predicted molar refractivity (Wildman–Crippen MR) is 72.3 cm³/mol. The molecule has 7 nitrogen and oxygen atoms in total. The number of quaternary nitrogens is 1. The Morgan fingerprint density at radius 3 is 2.35 bits per heavy atom. The SMILES string of the molecule is C=C(C)C(=O)OOP(=O)([O-])OC(CC)CC[N+](C)(C)C. The summed E-state index contributed by atoms with van der Waals surface area (Å²) in [6.07, 6.45) is 0.535. The number of nitrogens with zero attached hydrogens (tertiary/aromatic N) is 1. The molecule has 0 bridgehead atoms. The smallest absolute Gasteiger partial charge is 0.368 e. The summed E-state index contributed by atoms with van der Waals surface area (Å²) in [6.45, 7) is 7.22. The Kier molecular flexibility index (Phi) is 7.62. The number of hydrogen-bond acceptors (Lipinski definition) is 6. The van der Waals surface area contributed by atoms with Gasteiger partial charge >= 0.3 is 13.8 Å². The summed E-state index contributed by atoms with van der Waals surface area (Å²) in [6, 6.07) is 0. The van der Waals surface area contributed by atoms with Gasteiger partial charge in [0.05, 0.1) is 33.8 Å². The fraction of sp³-hybridized carbons (Fsp3) is 0.750. The normalized spacial score (nSPS) is 16.3. The third kappa shape index (κ3) is 9.23. The van der Waals surface area contributed by atoms with Crippen LogP contribution in [0.25, 0.3) is 0 Å². The van der Waals surface area contributed by atoms with E-state index in [1.807, 2.05) is 21.1 Å². The standard InChI is InChI=1S/C12H24NO6P/c1-7-11(8-9-13(4,5)6)18-20(15,16)19-17-12(14)10(2)3/h11H,2,7-9H2,1,3-6H3. The number of phosphoric acid groups is 1. The third-order valence-corrected chi connectivity index (χ3v) is 3.22. The quantitative estimate of drug-likeness (QED) is 0.210. The molecule has 0 rings (SSSR count). The molecular weight excluding hydrogens is 285 g/mol. The van der Waals surface area contributed by atoms with Gasteiger partial charge in [0.1, 0.15) is 0 Å². The summed E-state index contributed by atoms with van der Waals surface area (Å²) in [5.41, 5.74) is 0.0297. The molecule has 118 valence electrons. The number of carbonyl (C=O) groups is 1. The van der Waals surface area contributed by atoms with Crippen molar-refractivity contribution in [3.63, 3.8) is 0 Å². The van der Waals surface area contributed by atoms with Gasteiger partial charge in [0.25, 0.3) is 0 Å². The highest BCUT2D eigenvalue weighted by molar-refractivity contribution is 7.45. The molecule has 2 unspecified atom stereocenters. The molecule has 0 N–H and O–H groups in total. The zero-order valence-corrected chi connectivity index (χ0v) is 13.6. The highest BCUT2D eigenvalue weighted by atomic mass is 31.2. The maximum absolute atomic E-state index is 11.5. The van der Waals surface area contributed by atoms with Gasteiger partial charge in [-0.05, 0) is 13.3 Å². The van der Waals surface area contributed by atoms with Crippen molar-refractivity contribution in [2.75, 3.05) is 27.7 Å². The Balaban J connectivity index is 4.37. The Morgan fingerprint density at radius 2 is 1.95 bits per heavy atom. The van der Waals surface area contributed by atoms with Gasteiger partial charge in [-0.15, -0.1) is 4.67 Å². The van der Waals surface area contributed by atoms with Gasteiger partial charge in [-0.25, -0.2) is 4.79 Å². The van der Waals surface area contributed by atoms with Gasteiger partial charge in [-0.1, -0.05) is 13.5 Å². The van der Waals surface area contributed by atoms with Crippen molar-refractivity contribution < 1.29 is 32.8 Å². The topological polar surface area (TPSA) is 84.9 Å². The summed E-state index contributed by atoms with van der Waals surface area (Å²) in [5, 5.41) is 0. The van der Waals surface area contributed by atoms with Crippen LogP contribution in [-0.4, -0.2) is 44.2 Å². The molecule has 0 spiro atoms. The minimum Gasteiger partial charge on any atom is -0.754 e. The molecule has 0 aliphatic rings. The van der Waals surface area contributed by atoms with E-state index in [0.29, 0.717) is 17.3 Å². The number of carbonyl (C=O) groups excluding carboxylic acids is 1. The van der Waals surface area contributed by atoms with E-state index in [9.17, 15) is 14.3 Å². The molecule has 0 aromatic heterocycles. The van der Waals surface area contributed by atoms with Crippen LogP contribution < -0.4 is 4.89 Å². The molecule has 0 heterocycles. The van der Waals surface area contributed by atoms with E-state index in [1.54, 1.807) is 6.92 Å². The second kappa shape index (κ2) is 7.90. The molecule has 0 aliphatic heterocycles. The summed E-state index contributed by atoms with van der Waals surface area (Å²) in [4.78, 5) is 26.7. The maximum atomic E-state index is 11.5. The molecule has 8 heteroatoms. The van der Waals surface area contributed by atoms with Gasteiger partial charge in [0.15, 0.2) is 0 Å². The number of phosphoric ester groups is 1. The molecule has 0 fully saturated rings. The van der Waals surface area contributed by atoms with Crippen molar-refractivity contribution in [1.82, 2.24) is 0 Å². The fourth-order valence-corrected chi connectivity index (χ4v) is 2.03. The molecular formula is C12H24NO6P. The summed E-state index contributed by atoms with van der Waals surface area (Å²) in [7, 11) is 1.30. The van der Waals surface area contributed by atoms with Crippen molar-refractivity contribution in [2.24, 2.45) is 0 Å². The Bertz CT molecular complexity index is 390. The molecule has 0 saturated carbocycles. The van der Waals surface area contributed by atoms with E-state index in [-0.39, 0.29) is 5.57 Å². The molecule has 2 atom stereocenters. The maximum Gasteiger partial charge on any atom is 0.368 e. The van der Waals surface area contributed by atoms with Gasteiger partial charge in [0.2, 0.25) is 0 Å². The fourth-order valence-electron chi connectivity index (χ4n) is 1.21. The molecule has 0 amide bonds. The van der Waals surface area contributed by atoms with Crippen molar-refractivity contribution in [3.05, 3.63) is 12.2 Å². The van der Waals surface area contributed by atoms with E-state index in [4.69, 9.17) is 4.52 Å². The van der Waals surface area contributed by atoms with Crippen LogP contribution >= 0.6 is 7.82 Å². The monoisotopic (exact) mass is 309 g/mol. The van der Waals surface area contributed by atoms with E-state index >= 15 is 0 Å². The first kappa shape index (κ1) is 19.3. The zero-order valence-electron chi connectivity index (χ0n) is 12.7. The molecule has 0 radical (unpaired) electrons. The highest BCUT2D eigenvalue weighted by Gasteiger charge is 2.22. The summed E-state index contributed by atoms with van der Waals surface area (Å²) >= 11 is 0. The minimum absolute atomic E-state index is 0.0297. The first-order chi connectivity index (χ1) is 8.97. The van der Waals surface area contributed by atoms with E-state index < -0.39 is 19.9 Å². The lowest BCUT2D eigenvalue weighted by molar-refractivity contribution is -0.870. The van der Waals surface area contributed by atoms with Crippen LogP contribution in [0.1, 0.15) is 26.7 Å². The number of hydrogen-bond donors (Lipinski definition) is 0. The van der Waals surface area contributed by atoms with Crippen molar-refractivity contribution in [1.29, 1.82) is 0 Å². The molecule has 0 aliphatic carbocycles. The Morgan fingerprint density at radius 1 is 1.40 bits per heavy atom. The van der Waals surface area contributed by atoms with Gasteiger partial charge in [-0.2, -0.15) is 0 Å². The lowest BCUT2D eigenvalue weighted by Crippen LogP contribution is -2.37. The molecule has 0 aromatic rings. The molecule has 0 saturated heterocycles. The lowest BCUT2D eigenvalue weighted by Gasteiger charge is -2.29. The van der Waals surface area contributed by atoms with Gasteiger partial charge < -0.3 is 13.9 Å². The second-order valence-corrected chi connectivity index (χ2v) is 6.87. The minimum atomic E-state index is -4.68. The highest BCUT2D eigenvalue weighted by Crippen LogP contribution is 2.41. The van der Waals surface area contributed by atoms with Crippen LogP contribution in [0.5, 0.6) is 0 Å². The third-order valence-electron chi connectivity index (χ3n) is 2.41. The van der Waals surface area contributed by atoms with Crippen LogP contribution in [0.2, 0.25) is 0 Å². The molecule has 20 heavy (non-hydrogen) atoms. The van der Waals surface area contributed by atoms with Crippen LogP contribution in [0.4, 0.5) is 0 Å².